The number of ether oxygens (including phenoxy) is 1. The van der Waals surface area contributed by atoms with Crippen LogP contribution in [0, 0.1) is 5.92 Å². The fraction of sp³-hybridized carbons (Fsp3) is 0.571. The van der Waals surface area contributed by atoms with E-state index < -0.39 is 0 Å². The van der Waals surface area contributed by atoms with Crippen LogP contribution in [-0.4, -0.2) is 20.2 Å². The van der Waals surface area contributed by atoms with Crippen LogP contribution in [0.25, 0.3) is 0 Å². The highest BCUT2D eigenvalue weighted by Crippen LogP contribution is 2.31. The first kappa shape index (κ1) is 12.9. The van der Waals surface area contributed by atoms with Crippen molar-refractivity contribution < 1.29 is 4.74 Å². The number of halogens is 1. The summed E-state index contributed by atoms with van der Waals surface area (Å²) in [5.74, 6) is 1.84. The Hall–Kier alpha value is -0.540. The first-order chi connectivity index (χ1) is 8.24. The van der Waals surface area contributed by atoms with E-state index in [2.05, 4.69) is 40.3 Å². The highest BCUT2D eigenvalue weighted by molar-refractivity contribution is 9.10. The lowest BCUT2D eigenvalue weighted by atomic mass is 9.95. The summed E-state index contributed by atoms with van der Waals surface area (Å²) in [5, 5.41) is 3.42. The minimum Gasteiger partial charge on any atom is -0.496 e. The van der Waals surface area contributed by atoms with Gasteiger partial charge in [0.2, 0.25) is 0 Å². The third-order valence-electron chi connectivity index (χ3n) is 3.46. The second-order valence-electron chi connectivity index (χ2n) is 4.67. The molecule has 1 aliphatic heterocycles. The molecule has 94 valence electrons. The normalized spacial score (nSPS) is 19.6. The number of hydrogen-bond donors (Lipinski definition) is 1. The van der Waals surface area contributed by atoms with Gasteiger partial charge in [-0.2, -0.15) is 0 Å². The molecular formula is C14H20BrNO. The van der Waals surface area contributed by atoms with Crippen molar-refractivity contribution in [3.63, 3.8) is 0 Å². The van der Waals surface area contributed by atoms with E-state index in [0.29, 0.717) is 0 Å². The number of methoxy groups -OCH3 is 1. The van der Waals surface area contributed by atoms with E-state index in [1.165, 1.54) is 17.5 Å². The van der Waals surface area contributed by atoms with Gasteiger partial charge in [-0.1, -0.05) is 22.9 Å². The average molecular weight is 298 g/mol. The average Bonchev–Trinajstić information content (AvgIpc) is 2.81. The van der Waals surface area contributed by atoms with E-state index in [4.69, 9.17) is 4.74 Å². The first-order valence-electron chi connectivity index (χ1n) is 6.30. The fourth-order valence-electron chi connectivity index (χ4n) is 2.59. The topological polar surface area (TPSA) is 21.3 Å². The van der Waals surface area contributed by atoms with Crippen LogP contribution >= 0.6 is 15.9 Å². The molecule has 1 aliphatic rings. The monoisotopic (exact) mass is 297 g/mol. The van der Waals surface area contributed by atoms with Gasteiger partial charge in [-0.25, -0.2) is 0 Å². The van der Waals surface area contributed by atoms with E-state index in [1.807, 2.05) is 0 Å². The van der Waals surface area contributed by atoms with Crippen LogP contribution in [0.15, 0.2) is 16.6 Å². The van der Waals surface area contributed by atoms with Crippen molar-refractivity contribution in [2.75, 3.05) is 20.2 Å². The van der Waals surface area contributed by atoms with E-state index in [9.17, 15) is 0 Å². The van der Waals surface area contributed by atoms with Gasteiger partial charge in [0.15, 0.2) is 0 Å². The zero-order valence-electron chi connectivity index (χ0n) is 10.6. The number of hydrogen-bond acceptors (Lipinski definition) is 2. The first-order valence-corrected chi connectivity index (χ1v) is 7.10. The molecule has 17 heavy (non-hydrogen) atoms. The quantitative estimate of drug-likeness (QED) is 0.922. The van der Waals surface area contributed by atoms with Gasteiger partial charge in [-0.3, -0.25) is 0 Å². The Morgan fingerprint density at radius 3 is 2.76 bits per heavy atom. The van der Waals surface area contributed by atoms with Crippen LogP contribution in [0.3, 0.4) is 0 Å². The van der Waals surface area contributed by atoms with Crippen molar-refractivity contribution in [3.05, 3.63) is 27.7 Å². The largest absolute Gasteiger partial charge is 0.496 e. The van der Waals surface area contributed by atoms with Crippen LogP contribution in [0.1, 0.15) is 24.5 Å². The molecule has 1 aromatic rings. The van der Waals surface area contributed by atoms with Gasteiger partial charge in [0.1, 0.15) is 5.75 Å². The lowest BCUT2D eigenvalue weighted by molar-refractivity contribution is 0.400. The van der Waals surface area contributed by atoms with E-state index in [-0.39, 0.29) is 0 Å². The molecule has 1 heterocycles. The SMILES string of the molecule is CCc1cc(Br)cc(CC2CCNC2)c1OC. The maximum atomic E-state index is 5.59. The standard InChI is InChI=1S/C14H20BrNO/c1-3-11-7-13(15)8-12(14(11)17-2)6-10-4-5-16-9-10/h7-8,10,16H,3-6,9H2,1-2H3. The number of aryl methyl sites for hydroxylation is 1. The predicted molar refractivity (Wildman–Crippen MR) is 74.8 cm³/mol. The number of nitrogens with one attached hydrogen (secondary N) is 1. The fourth-order valence-corrected chi connectivity index (χ4v) is 3.14. The summed E-state index contributed by atoms with van der Waals surface area (Å²) in [6, 6.07) is 4.37. The van der Waals surface area contributed by atoms with E-state index in [1.54, 1.807) is 7.11 Å². The highest BCUT2D eigenvalue weighted by Gasteiger charge is 2.18. The van der Waals surface area contributed by atoms with Gasteiger partial charge in [-0.05, 0) is 61.5 Å². The molecule has 1 N–H and O–H groups in total. The van der Waals surface area contributed by atoms with Gasteiger partial charge in [0, 0.05) is 4.47 Å². The molecule has 2 nitrogen and oxygen atoms in total. The second kappa shape index (κ2) is 5.87. The van der Waals surface area contributed by atoms with Crippen LogP contribution in [0.4, 0.5) is 0 Å². The number of rotatable bonds is 4. The lowest BCUT2D eigenvalue weighted by Gasteiger charge is -2.16. The van der Waals surface area contributed by atoms with E-state index in [0.717, 1.165) is 42.1 Å². The molecule has 1 saturated heterocycles. The van der Waals surface area contributed by atoms with Gasteiger partial charge in [-0.15, -0.1) is 0 Å². The summed E-state index contributed by atoms with van der Waals surface area (Å²) in [7, 11) is 1.78. The molecule has 2 rings (SSSR count). The smallest absolute Gasteiger partial charge is 0.125 e. The Kier molecular flexibility index (Phi) is 4.46. The van der Waals surface area contributed by atoms with Gasteiger partial charge in [0.05, 0.1) is 7.11 Å². The minimum atomic E-state index is 0.753. The third kappa shape index (κ3) is 3.02. The van der Waals surface area contributed by atoms with Crippen LogP contribution in [0.2, 0.25) is 0 Å². The van der Waals surface area contributed by atoms with Gasteiger partial charge >= 0.3 is 0 Å². The molecule has 0 radical (unpaired) electrons. The molecule has 0 amide bonds. The molecule has 1 atom stereocenters. The van der Waals surface area contributed by atoms with Crippen molar-refractivity contribution in [1.82, 2.24) is 5.32 Å². The summed E-state index contributed by atoms with van der Waals surface area (Å²) in [6.07, 6.45) is 3.40. The molecule has 1 aromatic carbocycles. The highest BCUT2D eigenvalue weighted by atomic mass is 79.9. The Bertz CT molecular complexity index is 386. The zero-order chi connectivity index (χ0) is 12.3. The Labute approximate surface area is 112 Å². The Balaban J connectivity index is 2.26. The van der Waals surface area contributed by atoms with Crippen molar-refractivity contribution in [1.29, 1.82) is 0 Å². The van der Waals surface area contributed by atoms with Crippen molar-refractivity contribution in [3.8, 4) is 5.75 Å². The van der Waals surface area contributed by atoms with Gasteiger partial charge < -0.3 is 10.1 Å². The Morgan fingerprint density at radius 2 is 2.18 bits per heavy atom. The number of benzene rings is 1. The summed E-state index contributed by atoms with van der Waals surface area (Å²) >= 11 is 3.60. The molecular weight excluding hydrogens is 278 g/mol. The van der Waals surface area contributed by atoms with E-state index >= 15 is 0 Å². The van der Waals surface area contributed by atoms with Crippen LogP contribution in [0.5, 0.6) is 5.75 Å². The van der Waals surface area contributed by atoms with Crippen LogP contribution in [-0.2, 0) is 12.8 Å². The van der Waals surface area contributed by atoms with Crippen molar-refractivity contribution >= 4 is 15.9 Å². The lowest BCUT2D eigenvalue weighted by Crippen LogP contribution is -2.11. The minimum absolute atomic E-state index is 0.753. The summed E-state index contributed by atoms with van der Waals surface area (Å²) in [5.41, 5.74) is 2.63. The molecule has 0 aliphatic carbocycles. The molecule has 0 bridgehead atoms. The Morgan fingerprint density at radius 1 is 1.41 bits per heavy atom. The molecule has 0 spiro atoms. The third-order valence-corrected chi connectivity index (χ3v) is 3.92. The van der Waals surface area contributed by atoms with Crippen molar-refractivity contribution in [2.24, 2.45) is 5.92 Å². The molecule has 1 fully saturated rings. The maximum absolute atomic E-state index is 5.59. The van der Waals surface area contributed by atoms with Crippen molar-refractivity contribution in [2.45, 2.75) is 26.2 Å². The molecule has 0 saturated carbocycles. The maximum Gasteiger partial charge on any atom is 0.125 e. The zero-order valence-corrected chi connectivity index (χ0v) is 12.1. The summed E-state index contributed by atoms with van der Waals surface area (Å²) in [4.78, 5) is 0. The van der Waals surface area contributed by atoms with Gasteiger partial charge in [0.25, 0.3) is 0 Å². The van der Waals surface area contributed by atoms with Crippen LogP contribution < -0.4 is 10.1 Å². The molecule has 0 aromatic heterocycles. The molecule has 1 unspecified atom stereocenters. The molecule has 3 heteroatoms. The summed E-state index contributed by atoms with van der Waals surface area (Å²) in [6.45, 7) is 4.46. The summed E-state index contributed by atoms with van der Waals surface area (Å²) < 4.78 is 6.75. The predicted octanol–water partition coefficient (Wildman–Crippen LogP) is 3.17. The second-order valence-corrected chi connectivity index (χ2v) is 5.59.